The van der Waals surface area contributed by atoms with Crippen LogP contribution in [0.1, 0.15) is 91.6 Å². The van der Waals surface area contributed by atoms with Crippen molar-refractivity contribution in [3.05, 3.63) is 41.5 Å². The zero-order chi connectivity index (χ0) is 44.0. The van der Waals surface area contributed by atoms with Crippen molar-refractivity contribution in [2.75, 3.05) is 78.6 Å². The summed E-state index contributed by atoms with van der Waals surface area (Å²) < 4.78 is 57.4. The average molecular weight is 837 g/mol. The molecule has 3 rings (SSSR count). The summed E-state index contributed by atoms with van der Waals surface area (Å²) in [4.78, 5) is 44.5. The Hall–Kier alpha value is -3.77. The van der Waals surface area contributed by atoms with Gasteiger partial charge in [0.05, 0.1) is 44.8 Å². The quantitative estimate of drug-likeness (QED) is 0.0641. The van der Waals surface area contributed by atoms with Crippen molar-refractivity contribution in [2.45, 2.75) is 117 Å². The molecule has 5 atom stereocenters. The first-order valence-electron chi connectivity index (χ1n) is 20.2. The third-order valence-corrected chi connectivity index (χ3v) is 9.00. The average Bonchev–Trinajstić information content (AvgIpc) is 3.44. The number of benzene rings is 1. The molecule has 2 aliphatic heterocycles. The number of amides is 2. The molecule has 1 fully saturated rings. The van der Waals surface area contributed by atoms with Crippen LogP contribution in [-0.2, 0) is 42.6 Å². The Balaban J connectivity index is 2.09. The van der Waals surface area contributed by atoms with Gasteiger partial charge in [-0.3, -0.25) is 4.90 Å². The molecular weight excluding hydrogens is 768 g/mol. The summed E-state index contributed by atoms with van der Waals surface area (Å²) in [6.07, 6.45) is 3.16. The van der Waals surface area contributed by atoms with Crippen LogP contribution in [0.15, 0.2) is 30.4 Å². The fourth-order valence-corrected chi connectivity index (χ4v) is 6.04. The minimum Gasteiger partial charge on any atom is -0.467 e. The Bertz CT molecular complexity index is 1570. The van der Waals surface area contributed by atoms with Gasteiger partial charge in [0, 0.05) is 45.8 Å². The van der Waals surface area contributed by atoms with Gasteiger partial charge in [-0.1, -0.05) is 31.2 Å². The van der Waals surface area contributed by atoms with Crippen LogP contribution >= 0.6 is 0 Å². The number of methoxy groups -OCH3 is 2. The Kier molecular flexibility index (Phi) is 19.1. The largest absolute Gasteiger partial charge is 0.467 e. The summed E-state index contributed by atoms with van der Waals surface area (Å²) >= 11 is 0. The maximum atomic E-state index is 14.1. The number of nitrogens with zero attached hydrogens (tertiary/aromatic N) is 2. The molecule has 16 heteroatoms. The second kappa shape index (κ2) is 22.7. The van der Waals surface area contributed by atoms with Crippen molar-refractivity contribution in [1.29, 1.82) is 0 Å². The summed E-state index contributed by atoms with van der Waals surface area (Å²) in [5, 5.41) is 11.1. The van der Waals surface area contributed by atoms with E-state index in [2.05, 4.69) is 0 Å². The number of esters is 1. The SMILES string of the molecule is COCCOCCOCCN(CCN(C(=O)OC(C)(C)C)c1cc2c(c(OCOC)c1)C(=O)O[C@@H](C)[C@H](C)C=C[C@@H](O)[C@H]1OC(C)(C)O[C@H]1CC=C2)C(=O)OC(C)(C)C. The highest BCUT2D eigenvalue weighted by Crippen LogP contribution is 2.36. The molecule has 1 saturated heterocycles. The van der Waals surface area contributed by atoms with Crippen LogP contribution in [0, 0.1) is 5.92 Å². The van der Waals surface area contributed by atoms with Crippen LogP contribution in [0.3, 0.4) is 0 Å². The van der Waals surface area contributed by atoms with Crippen molar-refractivity contribution >= 4 is 29.9 Å². The van der Waals surface area contributed by atoms with Crippen LogP contribution in [0.4, 0.5) is 15.3 Å². The summed E-state index contributed by atoms with van der Waals surface area (Å²) in [6.45, 7) is 19.4. The number of anilines is 1. The number of carbonyl (C=O) groups is 3. The van der Waals surface area contributed by atoms with E-state index in [4.69, 9.17) is 47.4 Å². The molecule has 334 valence electrons. The number of hydrogen-bond donors (Lipinski definition) is 1. The molecule has 0 aliphatic carbocycles. The number of carbonyl (C=O) groups excluding carboxylic acids is 3. The standard InChI is InChI=1S/C43H68N2O14/c1-29-16-17-33(46)37-34(56-43(9,10)57-37)15-13-14-31-26-32(27-35(54-28-51-12)36(31)38(47)55-30(29)2)45(40(49)59-42(6,7)8)19-18-44(39(48)58-41(3,4)5)20-21-52-24-25-53-23-22-50-11/h13-14,16-17,26-27,29-30,33-34,37,46H,15,18-25,28H2,1-12H3/t29-,30+,33-,34+,37-/m1/s1. The van der Waals surface area contributed by atoms with E-state index in [1.807, 2.05) is 6.92 Å². The lowest BCUT2D eigenvalue weighted by Gasteiger charge is -2.32. The van der Waals surface area contributed by atoms with Crippen LogP contribution in [0.5, 0.6) is 5.75 Å². The molecule has 0 radical (unpaired) electrons. The van der Waals surface area contributed by atoms with E-state index in [0.717, 1.165) is 0 Å². The van der Waals surface area contributed by atoms with Gasteiger partial charge in [0.25, 0.3) is 0 Å². The van der Waals surface area contributed by atoms with E-state index in [0.29, 0.717) is 44.1 Å². The number of rotatable bonds is 16. The summed E-state index contributed by atoms with van der Waals surface area (Å²) in [7, 11) is 3.04. The molecule has 2 aliphatic rings. The van der Waals surface area contributed by atoms with Gasteiger partial charge in [-0.05, 0) is 80.4 Å². The van der Waals surface area contributed by atoms with Crippen molar-refractivity contribution in [3.8, 4) is 5.75 Å². The number of ether oxygens (including phenoxy) is 10. The number of hydrogen-bond acceptors (Lipinski definition) is 14. The number of cyclic esters (lactones) is 1. The molecule has 1 aromatic rings. The Morgan fingerprint density at radius 2 is 1.49 bits per heavy atom. The predicted molar refractivity (Wildman–Crippen MR) is 221 cm³/mol. The molecule has 0 unspecified atom stereocenters. The van der Waals surface area contributed by atoms with Gasteiger partial charge in [0.15, 0.2) is 12.6 Å². The number of aliphatic hydroxyl groups excluding tert-OH is 1. The summed E-state index contributed by atoms with van der Waals surface area (Å²) in [6, 6.07) is 3.20. The third-order valence-electron chi connectivity index (χ3n) is 9.00. The van der Waals surface area contributed by atoms with E-state index >= 15 is 0 Å². The van der Waals surface area contributed by atoms with E-state index in [9.17, 15) is 19.5 Å². The zero-order valence-corrected chi connectivity index (χ0v) is 37.1. The fourth-order valence-electron chi connectivity index (χ4n) is 6.04. The Labute approximate surface area is 349 Å². The highest BCUT2D eigenvalue weighted by molar-refractivity contribution is 5.99. The maximum Gasteiger partial charge on any atom is 0.414 e. The minimum absolute atomic E-state index is 0.0204. The molecule has 1 aromatic carbocycles. The molecular formula is C43H68N2O14. The highest BCUT2D eigenvalue weighted by Gasteiger charge is 2.43. The van der Waals surface area contributed by atoms with Gasteiger partial charge >= 0.3 is 18.2 Å². The molecule has 2 amide bonds. The summed E-state index contributed by atoms with van der Waals surface area (Å²) in [5.74, 6) is -1.81. The van der Waals surface area contributed by atoms with Gasteiger partial charge in [0.1, 0.15) is 40.8 Å². The van der Waals surface area contributed by atoms with Crippen LogP contribution in [0.25, 0.3) is 6.08 Å². The topological polar surface area (TPSA) is 170 Å². The lowest BCUT2D eigenvalue weighted by molar-refractivity contribution is -0.152. The van der Waals surface area contributed by atoms with Crippen molar-refractivity contribution in [3.63, 3.8) is 0 Å². The molecule has 0 spiro atoms. The Morgan fingerprint density at radius 3 is 2.14 bits per heavy atom. The van der Waals surface area contributed by atoms with Gasteiger partial charge in [-0.15, -0.1) is 0 Å². The smallest absolute Gasteiger partial charge is 0.414 e. The van der Waals surface area contributed by atoms with Crippen molar-refractivity contribution in [1.82, 2.24) is 4.90 Å². The van der Waals surface area contributed by atoms with E-state index < -0.39 is 59.6 Å². The van der Waals surface area contributed by atoms with Crippen molar-refractivity contribution in [2.24, 2.45) is 5.92 Å². The fraction of sp³-hybridized carbons (Fsp3) is 0.698. The van der Waals surface area contributed by atoms with E-state index in [-0.39, 0.29) is 50.3 Å². The molecule has 2 heterocycles. The predicted octanol–water partition coefficient (Wildman–Crippen LogP) is 6.36. The van der Waals surface area contributed by atoms with Crippen LogP contribution in [-0.4, -0.2) is 143 Å². The number of aliphatic hydroxyl groups is 1. The summed E-state index contributed by atoms with van der Waals surface area (Å²) in [5.41, 5.74) is -0.907. The van der Waals surface area contributed by atoms with Gasteiger partial charge in [0.2, 0.25) is 0 Å². The Morgan fingerprint density at radius 1 is 0.847 bits per heavy atom. The second-order valence-corrected chi connectivity index (χ2v) is 16.9. The third kappa shape index (κ3) is 16.7. The van der Waals surface area contributed by atoms with E-state index in [1.165, 1.54) is 16.9 Å². The first-order chi connectivity index (χ1) is 27.6. The molecule has 1 N–H and O–H groups in total. The number of fused-ring (bicyclic) bond motifs is 2. The normalized spacial score (nSPS) is 22.1. The molecule has 0 bridgehead atoms. The second-order valence-electron chi connectivity index (χ2n) is 16.9. The zero-order valence-electron chi connectivity index (χ0n) is 37.1. The molecule has 0 saturated carbocycles. The highest BCUT2D eigenvalue weighted by atomic mass is 16.8. The lowest BCUT2D eigenvalue weighted by atomic mass is 9.98. The van der Waals surface area contributed by atoms with Crippen LogP contribution in [0.2, 0.25) is 0 Å². The molecule has 0 aromatic heterocycles. The first-order valence-corrected chi connectivity index (χ1v) is 20.2. The molecule has 16 nitrogen and oxygen atoms in total. The maximum absolute atomic E-state index is 14.1. The van der Waals surface area contributed by atoms with E-state index in [1.54, 1.807) is 106 Å². The van der Waals surface area contributed by atoms with Gasteiger partial charge < -0.3 is 57.4 Å². The lowest BCUT2D eigenvalue weighted by Crippen LogP contribution is -2.45. The minimum atomic E-state index is -0.981. The van der Waals surface area contributed by atoms with Crippen LogP contribution < -0.4 is 9.64 Å². The van der Waals surface area contributed by atoms with Crippen molar-refractivity contribution < 1.29 is 66.9 Å². The first kappa shape index (κ1) is 49.6. The monoisotopic (exact) mass is 836 g/mol. The molecule has 59 heavy (non-hydrogen) atoms. The van der Waals surface area contributed by atoms with Gasteiger partial charge in [-0.2, -0.15) is 0 Å². The van der Waals surface area contributed by atoms with Gasteiger partial charge in [-0.25, -0.2) is 14.4 Å².